The number of carbonyl (C=O) groups excluding carboxylic acids is 1. The summed E-state index contributed by atoms with van der Waals surface area (Å²) in [5.74, 6) is 0.885. The summed E-state index contributed by atoms with van der Waals surface area (Å²) in [5.41, 5.74) is 3.24. The van der Waals surface area contributed by atoms with Crippen LogP contribution in [0.25, 0.3) is 22.8 Å². The molecule has 1 aliphatic rings. The first-order chi connectivity index (χ1) is 14.7. The predicted octanol–water partition coefficient (Wildman–Crippen LogP) is 1.82. The molecule has 2 aromatic carbocycles. The van der Waals surface area contributed by atoms with Crippen molar-refractivity contribution in [3.8, 4) is 22.8 Å². The molecule has 0 saturated carbocycles. The predicted molar refractivity (Wildman–Crippen MR) is 108 cm³/mol. The molecule has 0 unspecified atom stereocenters. The number of amides is 1. The Morgan fingerprint density at radius 1 is 1.00 bits per heavy atom. The van der Waals surface area contributed by atoms with Crippen LogP contribution in [-0.2, 0) is 13.0 Å². The van der Waals surface area contributed by atoms with E-state index in [1.54, 1.807) is 29.2 Å². The maximum atomic E-state index is 13.0. The Morgan fingerprint density at radius 2 is 1.80 bits per heavy atom. The molecule has 0 saturated heterocycles. The maximum absolute atomic E-state index is 13.0. The Balaban J connectivity index is 1.38. The third-order valence-corrected chi connectivity index (χ3v) is 5.14. The lowest BCUT2D eigenvalue weighted by Crippen LogP contribution is -2.39. The van der Waals surface area contributed by atoms with E-state index >= 15 is 0 Å². The summed E-state index contributed by atoms with van der Waals surface area (Å²) in [4.78, 5) is 34.8. The van der Waals surface area contributed by atoms with Gasteiger partial charge < -0.3 is 9.88 Å². The third kappa shape index (κ3) is 3.26. The molecule has 0 spiro atoms. The van der Waals surface area contributed by atoms with Crippen LogP contribution in [-0.4, -0.2) is 47.9 Å². The zero-order valence-electron chi connectivity index (χ0n) is 15.9. The first kappa shape index (κ1) is 17.9. The highest BCUT2D eigenvalue weighted by Crippen LogP contribution is 2.21. The van der Waals surface area contributed by atoms with Crippen LogP contribution in [0.2, 0.25) is 0 Å². The van der Waals surface area contributed by atoms with Gasteiger partial charge in [0.25, 0.3) is 11.5 Å². The molecule has 0 radical (unpaired) electrons. The Labute approximate surface area is 170 Å². The van der Waals surface area contributed by atoms with Crippen molar-refractivity contribution in [1.29, 1.82) is 0 Å². The van der Waals surface area contributed by atoms with Crippen molar-refractivity contribution in [2.45, 2.75) is 13.0 Å². The van der Waals surface area contributed by atoms with Crippen LogP contribution in [0, 0.1) is 0 Å². The standard InChI is InChI=1S/C21H17N7O2/c29-20-16-12-28(11-10-17(16)22-18(23-20)13-4-2-1-3-5-13)21(30)15-8-6-14(7-9-15)19-24-26-27-25-19/h1-9H,10-12H2,(H,22,23,29)(H,24,25,26,27). The fourth-order valence-corrected chi connectivity index (χ4v) is 3.56. The van der Waals surface area contributed by atoms with Crippen LogP contribution in [0.1, 0.15) is 21.6 Å². The van der Waals surface area contributed by atoms with E-state index in [1.807, 2.05) is 30.3 Å². The minimum Gasteiger partial charge on any atom is -0.334 e. The summed E-state index contributed by atoms with van der Waals surface area (Å²) in [6.07, 6.45) is 0.534. The molecule has 4 aromatic rings. The molecule has 2 aromatic heterocycles. The molecule has 148 valence electrons. The zero-order valence-corrected chi connectivity index (χ0v) is 15.9. The SMILES string of the molecule is O=C(c1ccc(-c2nn[nH]n2)cc1)N1CCc2nc(-c3ccccc3)[nH]c(=O)c2C1. The van der Waals surface area contributed by atoms with Gasteiger partial charge in [0.15, 0.2) is 0 Å². The lowest BCUT2D eigenvalue weighted by atomic mass is 10.0. The van der Waals surface area contributed by atoms with E-state index in [2.05, 4.69) is 30.6 Å². The first-order valence-electron chi connectivity index (χ1n) is 9.50. The quantitative estimate of drug-likeness (QED) is 0.542. The Hall–Kier alpha value is -4.14. The number of aromatic amines is 2. The summed E-state index contributed by atoms with van der Waals surface area (Å²) >= 11 is 0. The van der Waals surface area contributed by atoms with Crippen molar-refractivity contribution in [1.82, 2.24) is 35.5 Å². The zero-order chi connectivity index (χ0) is 20.5. The second kappa shape index (κ2) is 7.36. The number of fused-ring (bicyclic) bond motifs is 1. The van der Waals surface area contributed by atoms with Crippen LogP contribution >= 0.6 is 0 Å². The van der Waals surface area contributed by atoms with Crippen molar-refractivity contribution in [2.24, 2.45) is 0 Å². The van der Waals surface area contributed by atoms with Crippen LogP contribution in [0.15, 0.2) is 59.4 Å². The van der Waals surface area contributed by atoms with Crippen molar-refractivity contribution < 1.29 is 4.79 Å². The molecule has 0 atom stereocenters. The largest absolute Gasteiger partial charge is 0.334 e. The van der Waals surface area contributed by atoms with Crippen LogP contribution < -0.4 is 5.56 Å². The number of hydrogen-bond donors (Lipinski definition) is 2. The van der Waals surface area contributed by atoms with Gasteiger partial charge in [-0.25, -0.2) is 4.98 Å². The maximum Gasteiger partial charge on any atom is 0.256 e. The normalized spacial score (nSPS) is 13.1. The molecule has 1 amide bonds. The highest BCUT2D eigenvalue weighted by Gasteiger charge is 2.25. The number of aromatic nitrogens is 6. The van der Waals surface area contributed by atoms with Crippen molar-refractivity contribution in [3.63, 3.8) is 0 Å². The van der Waals surface area contributed by atoms with E-state index in [4.69, 9.17) is 0 Å². The lowest BCUT2D eigenvalue weighted by Gasteiger charge is -2.28. The van der Waals surface area contributed by atoms with Gasteiger partial charge in [-0.05, 0) is 17.3 Å². The fourth-order valence-electron chi connectivity index (χ4n) is 3.56. The molecule has 9 heteroatoms. The molecule has 0 bridgehead atoms. The molecule has 0 fully saturated rings. The Bertz CT molecular complexity index is 1250. The van der Waals surface area contributed by atoms with E-state index in [1.165, 1.54) is 0 Å². The van der Waals surface area contributed by atoms with Gasteiger partial charge in [0, 0.05) is 29.7 Å². The van der Waals surface area contributed by atoms with E-state index < -0.39 is 0 Å². The van der Waals surface area contributed by atoms with Gasteiger partial charge in [-0.2, -0.15) is 5.21 Å². The second-order valence-corrected chi connectivity index (χ2v) is 7.00. The van der Waals surface area contributed by atoms with Crippen molar-refractivity contribution in [2.75, 3.05) is 6.54 Å². The smallest absolute Gasteiger partial charge is 0.256 e. The molecule has 0 aliphatic carbocycles. The summed E-state index contributed by atoms with van der Waals surface area (Å²) in [6.45, 7) is 0.737. The number of carbonyl (C=O) groups is 1. The molecule has 3 heterocycles. The minimum atomic E-state index is -0.205. The minimum absolute atomic E-state index is 0.133. The van der Waals surface area contributed by atoms with Crippen LogP contribution in [0.3, 0.4) is 0 Å². The number of hydrogen-bond acceptors (Lipinski definition) is 6. The number of nitrogens with one attached hydrogen (secondary N) is 2. The molecular formula is C21H17N7O2. The summed E-state index contributed by atoms with van der Waals surface area (Å²) < 4.78 is 0. The Morgan fingerprint density at radius 3 is 2.53 bits per heavy atom. The summed E-state index contributed by atoms with van der Waals surface area (Å²) in [7, 11) is 0. The number of tetrazole rings is 1. The molecule has 2 N–H and O–H groups in total. The number of benzene rings is 2. The summed E-state index contributed by atoms with van der Waals surface area (Å²) in [6, 6.07) is 16.5. The van der Waals surface area contributed by atoms with E-state index in [0.29, 0.717) is 35.7 Å². The monoisotopic (exact) mass is 399 g/mol. The van der Waals surface area contributed by atoms with Gasteiger partial charge >= 0.3 is 0 Å². The third-order valence-electron chi connectivity index (χ3n) is 5.14. The van der Waals surface area contributed by atoms with Crippen molar-refractivity contribution in [3.05, 3.63) is 81.8 Å². The van der Waals surface area contributed by atoms with Crippen LogP contribution in [0.5, 0.6) is 0 Å². The van der Waals surface area contributed by atoms with Crippen LogP contribution in [0.4, 0.5) is 0 Å². The average molecular weight is 399 g/mol. The highest BCUT2D eigenvalue weighted by atomic mass is 16.2. The average Bonchev–Trinajstić information content (AvgIpc) is 3.34. The van der Waals surface area contributed by atoms with Gasteiger partial charge in [-0.15, -0.1) is 10.2 Å². The van der Waals surface area contributed by atoms with Gasteiger partial charge in [0.2, 0.25) is 5.82 Å². The Kier molecular flexibility index (Phi) is 4.40. The lowest BCUT2D eigenvalue weighted by molar-refractivity contribution is 0.0732. The number of nitrogens with zero attached hydrogens (tertiary/aromatic N) is 5. The molecule has 1 aliphatic heterocycles. The topological polar surface area (TPSA) is 121 Å². The van der Waals surface area contributed by atoms with Gasteiger partial charge in [0.1, 0.15) is 5.82 Å². The highest BCUT2D eigenvalue weighted by molar-refractivity contribution is 5.94. The van der Waals surface area contributed by atoms with Crippen molar-refractivity contribution >= 4 is 5.91 Å². The van der Waals surface area contributed by atoms with E-state index in [0.717, 1.165) is 16.8 Å². The fraction of sp³-hybridized carbons (Fsp3) is 0.143. The van der Waals surface area contributed by atoms with Gasteiger partial charge in [-0.3, -0.25) is 9.59 Å². The number of H-pyrrole nitrogens is 2. The van der Waals surface area contributed by atoms with E-state index in [9.17, 15) is 9.59 Å². The van der Waals surface area contributed by atoms with Gasteiger partial charge in [0.05, 0.1) is 17.8 Å². The van der Waals surface area contributed by atoms with Gasteiger partial charge in [-0.1, -0.05) is 42.5 Å². The number of rotatable bonds is 3. The second-order valence-electron chi connectivity index (χ2n) is 7.00. The molecule has 30 heavy (non-hydrogen) atoms. The molecule has 5 rings (SSSR count). The first-order valence-corrected chi connectivity index (χ1v) is 9.50. The van der Waals surface area contributed by atoms with E-state index in [-0.39, 0.29) is 18.0 Å². The molecule has 9 nitrogen and oxygen atoms in total. The summed E-state index contributed by atoms with van der Waals surface area (Å²) in [5, 5.41) is 13.8. The molecular weight excluding hydrogens is 382 g/mol.